The molecule has 1 fully saturated rings. The van der Waals surface area contributed by atoms with Gasteiger partial charge in [0.1, 0.15) is 5.71 Å². The zero-order valence-electron chi connectivity index (χ0n) is 21.6. The van der Waals surface area contributed by atoms with E-state index in [0.29, 0.717) is 33.7 Å². The number of likely N-dealkylation sites (tertiary alicyclic amines) is 1. The van der Waals surface area contributed by atoms with Crippen LogP contribution in [-0.2, 0) is 4.79 Å². The van der Waals surface area contributed by atoms with Crippen LogP contribution in [0.3, 0.4) is 0 Å². The molecule has 0 radical (unpaired) electrons. The van der Waals surface area contributed by atoms with E-state index in [1.807, 2.05) is 73.7 Å². The zero-order chi connectivity index (χ0) is 26.9. The third-order valence-corrected chi connectivity index (χ3v) is 7.64. The van der Waals surface area contributed by atoms with Gasteiger partial charge in [0.2, 0.25) is 0 Å². The van der Waals surface area contributed by atoms with Gasteiger partial charge in [0.15, 0.2) is 0 Å². The molecule has 0 unspecified atom stereocenters. The van der Waals surface area contributed by atoms with Crippen molar-refractivity contribution >= 4 is 46.5 Å². The lowest BCUT2D eigenvalue weighted by molar-refractivity contribution is -0.112. The van der Waals surface area contributed by atoms with Gasteiger partial charge in [-0.05, 0) is 69.3 Å². The van der Waals surface area contributed by atoms with Gasteiger partial charge in [-0.25, -0.2) is 15.0 Å². The first-order chi connectivity index (χ1) is 18.9. The highest BCUT2D eigenvalue weighted by atomic mass is 35.5. The van der Waals surface area contributed by atoms with Crippen LogP contribution < -0.4 is 4.90 Å². The van der Waals surface area contributed by atoms with Crippen LogP contribution in [0.4, 0.5) is 11.6 Å². The fourth-order valence-electron chi connectivity index (χ4n) is 5.06. The molecule has 8 heteroatoms. The maximum Gasteiger partial charge on any atom is 0.278 e. The summed E-state index contributed by atoms with van der Waals surface area (Å²) in [7, 11) is 0. The summed E-state index contributed by atoms with van der Waals surface area (Å²) in [6.07, 6.45) is 3.51. The lowest BCUT2D eigenvalue weighted by atomic mass is 10.1. The van der Waals surface area contributed by atoms with Crippen molar-refractivity contribution in [1.82, 2.24) is 14.9 Å². The Morgan fingerprint density at radius 2 is 1.41 bits per heavy atom. The van der Waals surface area contributed by atoms with Crippen molar-refractivity contribution in [1.29, 1.82) is 0 Å². The number of halogens is 2. The molecule has 39 heavy (non-hydrogen) atoms. The molecule has 0 atom stereocenters. The molecular weight excluding hydrogens is 529 g/mol. The van der Waals surface area contributed by atoms with E-state index in [-0.39, 0.29) is 11.9 Å². The standard InChI is InChI=1S/C31H27Cl2N5O/c1-20-5-7-21(8-6-20)26-18-27(22-9-11-23(32)12-10-22)35-31(34-26)36-29-25-17-24(33)13-14-28(25)38(30(29)39)19-37-15-3-2-4-16-37/h5-14,17-18H,2-4,15-16,19H2,1H3. The molecule has 2 aliphatic rings. The highest BCUT2D eigenvalue weighted by Crippen LogP contribution is 2.34. The van der Waals surface area contributed by atoms with Gasteiger partial charge in [-0.1, -0.05) is 71.6 Å². The first-order valence-electron chi connectivity index (χ1n) is 13.1. The van der Waals surface area contributed by atoms with Crippen molar-refractivity contribution in [2.75, 3.05) is 24.7 Å². The van der Waals surface area contributed by atoms with E-state index >= 15 is 0 Å². The predicted octanol–water partition coefficient (Wildman–Crippen LogP) is 7.34. The molecule has 2 aliphatic heterocycles. The summed E-state index contributed by atoms with van der Waals surface area (Å²) in [4.78, 5) is 32.2. The quantitative estimate of drug-likeness (QED) is 0.258. The van der Waals surface area contributed by atoms with Crippen LogP contribution in [0.1, 0.15) is 30.4 Å². The van der Waals surface area contributed by atoms with Gasteiger partial charge in [-0.15, -0.1) is 0 Å². The Morgan fingerprint density at radius 1 is 0.795 bits per heavy atom. The Morgan fingerprint density at radius 3 is 2.08 bits per heavy atom. The SMILES string of the molecule is Cc1ccc(-c2cc(-c3ccc(Cl)cc3)nc(N=C3C(=O)N(CN4CCCCC4)c4ccc(Cl)cc43)n2)cc1. The fraction of sp³-hybridized carbons (Fsp3) is 0.226. The molecule has 3 heterocycles. The highest BCUT2D eigenvalue weighted by molar-refractivity contribution is 6.55. The van der Waals surface area contributed by atoms with E-state index in [2.05, 4.69) is 4.90 Å². The van der Waals surface area contributed by atoms with Gasteiger partial charge < -0.3 is 0 Å². The van der Waals surface area contributed by atoms with E-state index < -0.39 is 0 Å². The number of carbonyl (C=O) groups excluding carboxylic acids is 1. The Labute approximate surface area is 237 Å². The molecule has 0 saturated carbocycles. The molecule has 196 valence electrons. The van der Waals surface area contributed by atoms with Gasteiger partial charge in [-0.2, -0.15) is 0 Å². The molecular formula is C31H27Cl2N5O. The Kier molecular flexibility index (Phi) is 7.17. The number of benzene rings is 3. The van der Waals surface area contributed by atoms with Crippen LogP contribution in [0.25, 0.3) is 22.5 Å². The molecule has 4 aromatic rings. The number of aryl methyl sites for hydroxylation is 1. The fourth-order valence-corrected chi connectivity index (χ4v) is 5.36. The normalized spacial score (nSPS) is 16.6. The predicted molar refractivity (Wildman–Crippen MR) is 158 cm³/mol. The summed E-state index contributed by atoms with van der Waals surface area (Å²) in [5.74, 6) is 0.0438. The second kappa shape index (κ2) is 10.9. The molecule has 6 rings (SSSR count). The van der Waals surface area contributed by atoms with Crippen molar-refractivity contribution in [3.05, 3.63) is 94.0 Å². The van der Waals surface area contributed by atoms with Gasteiger partial charge in [0.05, 0.1) is 23.7 Å². The summed E-state index contributed by atoms with van der Waals surface area (Å²) in [5, 5.41) is 1.19. The lowest BCUT2D eigenvalue weighted by Crippen LogP contribution is -2.43. The summed E-state index contributed by atoms with van der Waals surface area (Å²) in [5.41, 5.74) is 6.19. The molecule has 1 aromatic heterocycles. The van der Waals surface area contributed by atoms with E-state index in [0.717, 1.165) is 54.0 Å². The second-order valence-electron chi connectivity index (χ2n) is 9.99. The number of carbonyl (C=O) groups is 1. The highest BCUT2D eigenvalue weighted by Gasteiger charge is 2.35. The monoisotopic (exact) mass is 555 g/mol. The van der Waals surface area contributed by atoms with Crippen molar-refractivity contribution in [2.45, 2.75) is 26.2 Å². The minimum atomic E-state index is -0.171. The zero-order valence-corrected chi connectivity index (χ0v) is 23.1. The van der Waals surface area contributed by atoms with E-state index in [4.69, 9.17) is 38.2 Å². The first-order valence-corrected chi connectivity index (χ1v) is 13.8. The first kappa shape index (κ1) is 25.7. The van der Waals surface area contributed by atoms with Gasteiger partial charge >= 0.3 is 0 Å². The van der Waals surface area contributed by atoms with Crippen molar-refractivity contribution < 1.29 is 4.79 Å². The van der Waals surface area contributed by atoms with Gasteiger partial charge in [0, 0.05) is 26.7 Å². The number of anilines is 1. The largest absolute Gasteiger partial charge is 0.293 e. The Balaban J connectivity index is 1.45. The number of aliphatic imine (C=N–C) groups is 1. The van der Waals surface area contributed by atoms with Crippen LogP contribution in [0.2, 0.25) is 10.0 Å². The number of nitrogens with zero attached hydrogens (tertiary/aromatic N) is 5. The van der Waals surface area contributed by atoms with Crippen LogP contribution in [0.15, 0.2) is 77.8 Å². The minimum Gasteiger partial charge on any atom is -0.293 e. The molecule has 0 N–H and O–H groups in total. The number of piperidine rings is 1. The van der Waals surface area contributed by atoms with Crippen molar-refractivity contribution in [3.63, 3.8) is 0 Å². The lowest BCUT2D eigenvalue weighted by Gasteiger charge is -2.30. The van der Waals surface area contributed by atoms with Crippen LogP contribution in [0, 0.1) is 6.92 Å². The number of amides is 1. The van der Waals surface area contributed by atoms with Crippen LogP contribution in [0.5, 0.6) is 0 Å². The van der Waals surface area contributed by atoms with E-state index in [9.17, 15) is 4.79 Å². The smallest absolute Gasteiger partial charge is 0.278 e. The van der Waals surface area contributed by atoms with Gasteiger partial charge in [0.25, 0.3) is 11.9 Å². The molecule has 1 saturated heterocycles. The van der Waals surface area contributed by atoms with E-state index in [1.165, 1.54) is 6.42 Å². The minimum absolute atomic E-state index is 0.171. The molecule has 0 bridgehead atoms. The number of hydrogen-bond donors (Lipinski definition) is 0. The summed E-state index contributed by atoms with van der Waals surface area (Å²) < 4.78 is 0. The van der Waals surface area contributed by atoms with E-state index in [1.54, 1.807) is 11.0 Å². The summed E-state index contributed by atoms with van der Waals surface area (Å²) in [6, 6.07) is 23.1. The third kappa shape index (κ3) is 5.46. The van der Waals surface area contributed by atoms with Crippen LogP contribution in [-0.4, -0.2) is 46.2 Å². The van der Waals surface area contributed by atoms with Gasteiger partial charge in [-0.3, -0.25) is 14.6 Å². The van der Waals surface area contributed by atoms with Crippen molar-refractivity contribution in [2.24, 2.45) is 4.99 Å². The average Bonchev–Trinajstić information content (AvgIpc) is 3.19. The maximum atomic E-state index is 13.8. The second-order valence-corrected chi connectivity index (χ2v) is 10.9. The molecule has 3 aromatic carbocycles. The molecule has 6 nitrogen and oxygen atoms in total. The Bertz CT molecular complexity index is 1500. The summed E-state index contributed by atoms with van der Waals surface area (Å²) in [6.45, 7) is 4.52. The number of aromatic nitrogens is 2. The summed E-state index contributed by atoms with van der Waals surface area (Å²) >= 11 is 12.5. The number of fused-ring (bicyclic) bond motifs is 1. The van der Waals surface area contributed by atoms with Crippen LogP contribution >= 0.6 is 23.2 Å². The molecule has 0 spiro atoms. The molecule has 1 amide bonds. The topological polar surface area (TPSA) is 61.7 Å². The number of rotatable bonds is 5. The molecule has 0 aliphatic carbocycles. The van der Waals surface area contributed by atoms with Crippen molar-refractivity contribution in [3.8, 4) is 22.5 Å². The maximum absolute atomic E-state index is 13.8. The average molecular weight is 556 g/mol. The Hall–Kier alpha value is -3.58. The number of hydrogen-bond acceptors (Lipinski definition) is 5. The third-order valence-electron chi connectivity index (χ3n) is 7.16.